The van der Waals surface area contributed by atoms with E-state index in [1.54, 1.807) is 0 Å². The monoisotopic (exact) mass is 260 g/mol. The number of Topliss-reactive ketones (excluding diaryl/α,β-unsaturated/α-hetero) is 1. The maximum atomic E-state index is 11.7. The third-order valence-corrected chi connectivity index (χ3v) is 2.96. The van der Waals surface area contributed by atoms with Crippen molar-refractivity contribution in [3.63, 3.8) is 0 Å². The maximum Gasteiger partial charge on any atom is 0.155 e. The van der Waals surface area contributed by atoms with Gasteiger partial charge in [-0.3, -0.25) is 4.79 Å². The molecule has 15 heavy (non-hydrogen) atoms. The van der Waals surface area contributed by atoms with Gasteiger partial charge in [0.1, 0.15) is 7.85 Å². The molecule has 1 nitrogen and oxygen atoms in total. The fourth-order valence-corrected chi connectivity index (χ4v) is 2.04. The summed E-state index contributed by atoms with van der Waals surface area (Å²) in [6.07, 6.45) is 0.547. The summed E-state index contributed by atoms with van der Waals surface area (Å²) in [6.45, 7) is 0. The standard InChI is InChI=1S/C12H10BBrO/c13-7-12(15)10-3-1-2-8-4-5-9(14)6-11(8)10/h1-6H,7,13H2. The van der Waals surface area contributed by atoms with Gasteiger partial charge in [0.15, 0.2) is 5.78 Å². The first-order chi connectivity index (χ1) is 7.22. The maximum absolute atomic E-state index is 11.7. The zero-order valence-corrected chi connectivity index (χ0v) is 10.0. The molecule has 0 N–H and O–H groups in total. The minimum absolute atomic E-state index is 0.193. The number of rotatable bonds is 2. The lowest BCUT2D eigenvalue weighted by Gasteiger charge is -2.04. The van der Waals surface area contributed by atoms with Gasteiger partial charge in [-0.1, -0.05) is 40.2 Å². The molecule has 3 heteroatoms. The van der Waals surface area contributed by atoms with E-state index in [2.05, 4.69) is 15.9 Å². The van der Waals surface area contributed by atoms with Gasteiger partial charge in [-0.25, -0.2) is 0 Å². The average molecular weight is 261 g/mol. The van der Waals surface area contributed by atoms with Crippen molar-refractivity contribution in [3.05, 3.63) is 46.4 Å². The number of fused-ring (bicyclic) bond motifs is 1. The van der Waals surface area contributed by atoms with E-state index in [0.29, 0.717) is 6.32 Å². The predicted octanol–water partition coefficient (Wildman–Crippen LogP) is 2.84. The van der Waals surface area contributed by atoms with Crippen molar-refractivity contribution in [3.8, 4) is 0 Å². The summed E-state index contributed by atoms with van der Waals surface area (Å²) in [5.41, 5.74) is 0.816. The van der Waals surface area contributed by atoms with Gasteiger partial charge in [0.2, 0.25) is 0 Å². The number of hydrogen-bond donors (Lipinski definition) is 0. The van der Waals surface area contributed by atoms with Gasteiger partial charge in [0.25, 0.3) is 0 Å². The molecule has 0 spiro atoms. The van der Waals surface area contributed by atoms with Gasteiger partial charge in [0.05, 0.1) is 0 Å². The number of carbonyl (C=O) groups excluding carboxylic acids is 1. The van der Waals surface area contributed by atoms with Gasteiger partial charge in [-0.2, -0.15) is 0 Å². The molecule has 0 radical (unpaired) electrons. The van der Waals surface area contributed by atoms with Crippen LogP contribution in [0.4, 0.5) is 0 Å². The molecule has 0 saturated carbocycles. The third kappa shape index (κ3) is 1.97. The van der Waals surface area contributed by atoms with Crippen molar-refractivity contribution in [1.29, 1.82) is 0 Å². The van der Waals surface area contributed by atoms with E-state index in [9.17, 15) is 4.79 Å². The van der Waals surface area contributed by atoms with Crippen molar-refractivity contribution in [2.75, 3.05) is 0 Å². The van der Waals surface area contributed by atoms with Crippen LogP contribution in [0.1, 0.15) is 10.4 Å². The molecule has 0 aromatic heterocycles. The molecule has 0 amide bonds. The van der Waals surface area contributed by atoms with E-state index in [1.165, 1.54) is 0 Å². The molecule has 0 fully saturated rings. The second kappa shape index (κ2) is 4.19. The third-order valence-electron chi connectivity index (χ3n) is 2.47. The first-order valence-corrected chi connectivity index (χ1v) is 5.73. The highest BCUT2D eigenvalue weighted by molar-refractivity contribution is 9.10. The molecule has 0 aliphatic rings. The summed E-state index contributed by atoms with van der Waals surface area (Å²) >= 11 is 3.43. The van der Waals surface area contributed by atoms with E-state index in [0.717, 1.165) is 20.8 Å². The van der Waals surface area contributed by atoms with Crippen molar-refractivity contribution < 1.29 is 4.79 Å². The molecular weight excluding hydrogens is 251 g/mol. The summed E-state index contributed by atoms with van der Waals surface area (Å²) in [6, 6.07) is 11.8. The van der Waals surface area contributed by atoms with Crippen molar-refractivity contribution in [2.45, 2.75) is 6.32 Å². The fraction of sp³-hybridized carbons (Fsp3) is 0.0833. The Bertz CT molecular complexity index is 522. The van der Waals surface area contributed by atoms with Crippen LogP contribution < -0.4 is 0 Å². The van der Waals surface area contributed by atoms with E-state index in [-0.39, 0.29) is 5.78 Å². The van der Waals surface area contributed by atoms with Gasteiger partial charge in [0, 0.05) is 10.0 Å². The van der Waals surface area contributed by atoms with Gasteiger partial charge >= 0.3 is 0 Å². The van der Waals surface area contributed by atoms with Crippen LogP contribution in [0, 0.1) is 0 Å². The second-order valence-corrected chi connectivity index (χ2v) is 4.36. The summed E-state index contributed by atoms with van der Waals surface area (Å²) in [4.78, 5) is 11.7. The van der Waals surface area contributed by atoms with E-state index in [4.69, 9.17) is 0 Å². The summed E-state index contributed by atoms with van der Waals surface area (Å²) in [5.74, 6) is 0.193. The Morgan fingerprint density at radius 2 is 2.07 bits per heavy atom. The lowest BCUT2D eigenvalue weighted by Crippen LogP contribution is -1.98. The molecule has 2 rings (SSSR count). The highest BCUT2D eigenvalue weighted by Gasteiger charge is 2.07. The predicted molar refractivity (Wildman–Crippen MR) is 69.3 cm³/mol. The second-order valence-electron chi connectivity index (χ2n) is 3.45. The van der Waals surface area contributed by atoms with E-state index < -0.39 is 0 Å². The quantitative estimate of drug-likeness (QED) is 0.600. The molecule has 0 unspecified atom stereocenters. The Kier molecular flexibility index (Phi) is 2.92. The number of ketones is 1. The molecule has 0 atom stereocenters. The Balaban J connectivity index is 2.74. The van der Waals surface area contributed by atoms with Crippen LogP contribution in [-0.4, -0.2) is 13.6 Å². The zero-order chi connectivity index (χ0) is 10.8. The summed E-state index contributed by atoms with van der Waals surface area (Å²) in [7, 11) is 1.89. The molecular formula is C12H10BBrO. The lowest BCUT2D eigenvalue weighted by molar-refractivity contribution is 0.101. The van der Waals surface area contributed by atoms with Crippen molar-refractivity contribution in [1.82, 2.24) is 0 Å². The first-order valence-electron chi connectivity index (χ1n) is 4.94. The minimum atomic E-state index is 0.193. The topological polar surface area (TPSA) is 17.1 Å². The molecule has 2 aromatic carbocycles. The summed E-state index contributed by atoms with van der Waals surface area (Å²) in [5, 5.41) is 2.14. The van der Waals surface area contributed by atoms with Crippen LogP contribution in [0.25, 0.3) is 10.8 Å². The van der Waals surface area contributed by atoms with Crippen LogP contribution in [-0.2, 0) is 0 Å². The van der Waals surface area contributed by atoms with E-state index in [1.807, 2.05) is 44.2 Å². The lowest BCUT2D eigenvalue weighted by atomic mass is 9.93. The number of benzene rings is 2. The smallest absolute Gasteiger partial charge is 0.155 e. The first kappa shape index (κ1) is 10.4. The number of halogens is 1. The summed E-state index contributed by atoms with van der Waals surface area (Å²) < 4.78 is 1.01. The Morgan fingerprint density at radius 1 is 1.27 bits per heavy atom. The highest BCUT2D eigenvalue weighted by Crippen LogP contribution is 2.23. The van der Waals surface area contributed by atoms with Gasteiger partial charge < -0.3 is 0 Å². The zero-order valence-electron chi connectivity index (χ0n) is 8.46. The molecule has 0 saturated heterocycles. The largest absolute Gasteiger partial charge is 0.295 e. The average Bonchev–Trinajstić information content (AvgIpc) is 2.27. The van der Waals surface area contributed by atoms with Crippen LogP contribution in [0.5, 0.6) is 0 Å². The molecule has 74 valence electrons. The van der Waals surface area contributed by atoms with Crippen molar-refractivity contribution >= 4 is 40.3 Å². The minimum Gasteiger partial charge on any atom is -0.295 e. The molecule has 0 aliphatic carbocycles. The van der Waals surface area contributed by atoms with Crippen LogP contribution >= 0.6 is 15.9 Å². The Morgan fingerprint density at radius 3 is 2.80 bits per heavy atom. The highest BCUT2D eigenvalue weighted by atomic mass is 79.9. The van der Waals surface area contributed by atoms with Crippen LogP contribution in [0.3, 0.4) is 0 Å². The number of carbonyl (C=O) groups is 1. The number of hydrogen-bond acceptors (Lipinski definition) is 1. The molecule has 2 aromatic rings. The molecule has 0 aliphatic heterocycles. The van der Waals surface area contributed by atoms with Crippen LogP contribution in [0.2, 0.25) is 6.32 Å². The molecule has 0 heterocycles. The van der Waals surface area contributed by atoms with Gasteiger partial charge in [-0.05, 0) is 29.2 Å². The van der Waals surface area contributed by atoms with Crippen molar-refractivity contribution in [2.24, 2.45) is 0 Å². The molecule has 0 bridgehead atoms. The van der Waals surface area contributed by atoms with Gasteiger partial charge in [-0.15, -0.1) is 0 Å². The van der Waals surface area contributed by atoms with Crippen LogP contribution in [0.15, 0.2) is 40.9 Å². The van der Waals surface area contributed by atoms with E-state index >= 15 is 0 Å². The Hall–Kier alpha value is -1.09. The fourth-order valence-electron chi connectivity index (χ4n) is 1.68. The normalized spacial score (nSPS) is 10.5. The SMILES string of the molecule is BCC(=O)c1cccc2ccc(Br)cc12. The Labute approximate surface area is 98.0 Å².